The van der Waals surface area contributed by atoms with Crippen LogP contribution in [-0.2, 0) is 21.7 Å². The summed E-state index contributed by atoms with van der Waals surface area (Å²) in [5.41, 5.74) is 0. The first-order valence-corrected chi connectivity index (χ1v) is 21.5. The second-order valence-electron chi connectivity index (χ2n) is 6.89. The zero-order chi connectivity index (χ0) is 13.8. The van der Waals surface area contributed by atoms with Crippen molar-refractivity contribution in [2.24, 2.45) is 0 Å². The average Bonchev–Trinajstić information content (AvgIpc) is 2.91. The Hall–Kier alpha value is 0.760. The molecule has 0 bridgehead atoms. The topological polar surface area (TPSA) is 0 Å². The van der Waals surface area contributed by atoms with Gasteiger partial charge in [0.2, 0.25) is 0 Å². The Balaban J connectivity index is -0.000000270. The van der Waals surface area contributed by atoms with Crippen LogP contribution in [0, 0.1) is 27.0 Å². The fourth-order valence-corrected chi connectivity index (χ4v) is 7.09. The first-order valence-electron chi connectivity index (χ1n) is 6.77. The van der Waals surface area contributed by atoms with Crippen molar-refractivity contribution < 1.29 is 21.7 Å². The molecule has 0 heterocycles. The Morgan fingerprint density at radius 1 is 0.714 bits per heavy atom. The van der Waals surface area contributed by atoms with Crippen LogP contribution in [-0.4, -0.2) is 26.5 Å². The molecule has 3 heteroatoms. The first kappa shape index (κ1) is 26.6. The maximum absolute atomic E-state index is 3.39. The predicted octanol–water partition coefficient (Wildman–Crippen LogP) is 6.00. The van der Waals surface area contributed by atoms with Crippen molar-refractivity contribution in [2.45, 2.75) is 47.4 Å². The largest absolute Gasteiger partial charge is 4.00 e. The molecule has 0 amide bonds. The van der Waals surface area contributed by atoms with Crippen molar-refractivity contribution in [3.63, 3.8) is 0 Å². The minimum Gasteiger partial charge on any atom is 4.00 e. The summed E-state index contributed by atoms with van der Waals surface area (Å²) in [4.78, 5) is 0. The Morgan fingerprint density at radius 3 is 1.10 bits per heavy atom. The smallest absolute Gasteiger partial charge is 4.00 e. The molecular formula is C18H32Ge2Ti. The molecule has 0 N–H and O–H groups in total. The molecule has 0 aliphatic heterocycles. The molecule has 0 atom stereocenters. The second-order valence-corrected chi connectivity index (χ2v) is 28.0. The molecule has 0 spiro atoms. The van der Waals surface area contributed by atoms with Gasteiger partial charge in [-0.2, -0.15) is 0 Å². The molecule has 0 saturated carbocycles. The zero-order valence-electron chi connectivity index (χ0n) is 15.2. The van der Waals surface area contributed by atoms with Crippen LogP contribution in [0.1, 0.15) is 12.8 Å². The number of hydrogen-bond donors (Lipinski definition) is 0. The second kappa shape index (κ2) is 11.3. The molecule has 2 aliphatic rings. The van der Waals surface area contributed by atoms with Gasteiger partial charge in [0.05, 0.1) is 0 Å². The van der Waals surface area contributed by atoms with Crippen LogP contribution in [0.3, 0.4) is 0 Å². The first-order chi connectivity index (χ1) is 8.21. The average molecular weight is 442 g/mol. The molecule has 0 saturated heterocycles. The molecule has 0 radical (unpaired) electrons. The van der Waals surface area contributed by atoms with Crippen molar-refractivity contribution in [1.29, 1.82) is 0 Å². The fraction of sp³-hybridized carbons (Fsp3) is 0.444. The van der Waals surface area contributed by atoms with E-state index < -0.39 is 26.5 Å². The van der Waals surface area contributed by atoms with Crippen LogP contribution in [0.25, 0.3) is 0 Å². The van der Waals surface area contributed by atoms with E-state index in [-0.39, 0.29) is 36.6 Å². The predicted molar refractivity (Wildman–Crippen MR) is 101 cm³/mol. The molecule has 2 rings (SSSR count). The molecule has 0 aromatic rings. The van der Waals surface area contributed by atoms with E-state index in [2.05, 4.69) is 71.0 Å². The fourth-order valence-electron chi connectivity index (χ4n) is 1.84. The van der Waals surface area contributed by atoms with E-state index in [9.17, 15) is 0 Å². The minimum atomic E-state index is -1.46. The molecule has 0 aromatic heterocycles. The van der Waals surface area contributed by atoms with Gasteiger partial charge in [0.25, 0.3) is 0 Å². The van der Waals surface area contributed by atoms with Crippen LogP contribution in [0.4, 0.5) is 0 Å². The van der Waals surface area contributed by atoms with Gasteiger partial charge in [-0.15, -0.1) is 0 Å². The molecule has 2 aliphatic carbocycles. The van der Waals surface area contributed by atoms with E-state index in [4.69, 9.17) is 0 Å². The van der Waals surface area contributed by atoms with E-state index in [1.807, 2.05) is 0 Å². The van der Waals surface area contributed by atoms with Crippen molar-refractivity contribution in [3.05, 3.63) is 60.1 Å². The van der Waals surface area contributed by atoms with Gasteiger partial charge >= 0.3 is 141 Å². The van der Waals surface area contributed by atoms with E-state index in [0.717, 1.165) is 12.8 Å². The minimum absolute atomic E-state index is 0. The van der Waals surface area contributed by atoms with E-state index in [1.165, 1.54) is 8.81 Å². The van der Waals surface area contributed by atoms with Crippen LogP contribution in [0.5, 0.6) is 0 Å². The summed E-state index contributed by atoms with van der Waals surface area (Å²) < 4.78 is 3.07. The van der Waals surface area contributed by atoms with Gasteiger partial charge in [-0.25, -0.2) is 0 Å². The molecular weight excluding hydrogens is 409 g/mol. The molecule has 0 aromatic carbocycles. The van der Waals surface area contributed by atoms with E-state index >= 15 is 0 Å². The van der Waals surface area contributed by atoms with Gasteiger partial charge < -0.3 is 14.9 Å². The van der Waals surface area contributed by atoms with Crippen LogP contribution < -0.4 is 0 Å². The standard InChI is InChI=1S/2C8H13Ge.2CH3.Ti/c2*1-9(2,3)8-6-4-5-7-8;;;/h2*4,6H,5H2,1-3H3;2*1H3;/q4*-1;+4. The molecule has 0 unspecified atom stereocenters. The third kappa shape index (κ3) is 10.2. The summed E-state index contributed by atoms with van der Waals surface area (Å²) >= 11 is -2.92. The zero-order valence-corrected chi connectivity index (χ0v) is 21.0. The third-order valence-electron chi connectivity index (χ3n) is 3.01. The van der Waals surface area contributed by atoms with Gasteiger partial charge in [-0.1, -0.05) is 0 Å². The maximum atomic E-state index is 3.39. The maximum Gasteiger partial charge on any atom is 4.00 e. The van der Waals surface area contributed by atoms with Crippen molar-refractivity contribution in [3.8, 4) is 0 Å². The Kier molecular flexibility index (Phi) is 14.4. The summed E-state index contributed by atoms with van der Waals surface area (Å²) in [7, 11) is 0. The Labute approximate surface area is 154 Å². The van der Waals surface area contributed by atoms with Crippen LogP contribution >= 0.6 is 0 Å². The summed E-state index contributed by atoms with van der Waals surface area (Å²) in [6.45, 7) is 0. The monoisotopic (exact) mass is 444 g/mol. The Morgan fingerprint density at radius 2 is 1.00 bits per heavy atom. The van der Waals surface area contributed by atoms with Gasteiger partial charge in [0, 0.05) is 0 Å². The quantitative estimate of drug-likeness (QED) is 0.364. The summed E-state index contributed by atoms with van der Waals surface area (Å²) in [6, 6.07) is 0. The Bertz CT molecular complexity index is 362. The van der Waals surface area contributed by atoms with Crippen molar-refractivity contribution in [1.82, 2.24) is 0 Å². The summed E-state index contributed by atoms with van der Waals surface area (Å²) in [5.74, 6) is 14.4. The molecule has 21 heavy (non-hydrogen) atoms. The van der Waals surface area contributed by atoms with Gasteiger partial charge in [0.15, 0.2) is 0 Å². The number of hydrogen-bond acceptors (Lipinski definition) is 0. The van der Waals surface area contributed by atoms with Crippen LogP contribution in [0.15, 0.2) is 33.1 Å². The van der Waals surface area contributed by atoms with Crippen molar-refractivity contribution >= 4 is 26.5 Å². The SMILES string of the molecule is [CH3-].[CH3-].[CH3][Ge]([CH3])([CH3])[C]1=[C-]CC=C1.[CH3][Ge]([CH3])([CH3])[C]1=[C-]CC=C1.[Ti+4]. The normalized spacial score (nSPS) is 15.7. The van der Waals surface area contributed by atoms with Gasteiger partial charge in [-0.05, 0) is 0 Å². The molecule has 0 nitrogen and oxygen atoms in total. The summed E-state index contributed by atoms with van der Waals surface area (Å²) in [6.07, 6.45) is 17.8. The number of rotatable bonds is 2. The third-order valence-corrected chi connectivity index (χ3v) is 11.2. The van der Waals surface area contributed by atoms with E-state index in [1.54, 1.807) is 0 Å². The number of allylic oxidation sites excluding steroid dienone is 8. The van der Waals surface area contributed by atoms with Gasteiger partial charge in [-0.3, -0.25) is 0 Å². The molecule has 116 valence electrons. The van der Waals surface area contributed by atoms with E-state index in [0.29, 0.717) is 0 Å². The molecule has 0 fully saturated rings. The van der Waals surface area contributed by atoms with Crippen LogP contribution in [0.2, 0.25) is 34.5 Å². The summed E-state index contributed by atoms with van der Waals surface area (Å²) in [5, 5.41) is 0. The van der Waals surface area contributed by atoms with Gasteiger partial charge in [0.1, 0.15) is 0 Å². The van der Waals surface area contributed by atoms with Crippen molar-refractivity contribution in [2.75, 3.05) is 0 Å².